The van der Waals surface area contributed by atoms with Crippen LogP contribution in [-0.4, -0.2) is 14.8 Å². The molecular weight excluding hydrogens is 306 g/mol. The molecule has 0 amide bonds. The molecule has 5 heteroatoms. The standard InChI is InChI=1S/C18H13N3OS/c22-17-10-19-21(16-9-5-4-8-15(16)17)11-14-12-23-18(20-14)13-6-2-1-3-7-13/h1-10,12H,11H2. The SMILES string of the molecule is O=c1cnn(Cc2csc(-c3ccccc3)n2)c2ccccc12. The second kappa shape index (κ2) is 5.78. The fraction of sp³-hybridized carbons (Fsp3) is 0.0556. The normalized spacial score (nSPS) is 11.0. The van der Waals surface area contributed by atoms with Gasteiger partial charge in [0.25, 0.3) is 0 Å². The van der Waals surface area contributed by atoms with Crippen molar-refractivity contribution in [1.82, 2.24) is 14.8 Å². The van der Waals surface area contributed by atoms with Gasteiger partial charge in [-0.15, -0.1) is 11.3 Å². The molecular formula is C18H13N3OS. The molecule has 23 heavy (non-hydrogen) atoms. The Bertz CT molecular complexity index is 1020. The summed E-state index contributed by atoms with van der Waals surface area (Å²) in [4.78, 5) is 16.6. The van der Waals surface area contributed by atoms with Gasteiger partial charge in [0.15, 0.2) is 0 Å². The van der Waals surface area contributed by atoms with Gasteiger partial charge in [0, 0.05) is 16.3 Å². The van der Waals surface area contributed by atoms with E-state index >= 15 is 0 Å². The molecule has 2 aromatic heterocycles. The molecule has 0 N–H and O–H groups in total. The van der Waals surface area contributed by atoms with E-state index in [4.69, 9.17) is 0 Å². The highest BCUT2D eigenvalue weighted by atomic mass is 32.1. The van der Waals surface area contributed by atoms with E-state index in [0.717, 1.165) is 21.8 Å². The molecule has 0 bridgehead atoms. The average Bonchev–Trinajstić information content (AvgIpc) is 3.07. The number of para-hydroxylation sites is 1. The highest BCUT2D eigenvalue weighted by Gasteiger charge is 2.08. The first-order valence-corrected chi connectivity index (χ1v) is 8.14. The lowest BCUT2D eigenvalue weighted by atomic mass is 10.2. The third-order valence-electron chi connectivity index (χ3n) is 3.65. The van der Waals surface area contributed by atoms with E-state index in [0.29, 0.717) is 11.9 Å². The van der Waals surface area contributed by atoms with Gasteiger partial charge in [0.2, 0.25) is 5.43 Å². The quantitative estimate of drug-likeness (QED) is 0.580. The molecule has 0 aliphatic rings. The van der Waals surface area contributed by atoms with Gasteiger partial charge in [-0.3, -0.25) is 9.48 Å². The third-order valence-corrected chi connectivity index (χ3v) is 4.59. The topological polar surface area (TPSA) is 47.8 Å². The Morgan fingerprint density at radius 1 is 1.00 bits per heavy atom. The Kier molecular flexibility index (Phi) is 3.48. The first kappa shape index (κ1) is 13.8. The molecule has 0 atom stereocenters. The molecule has 2 heterocycles. The first-order chi connectivity index (χ1) is 11.3. The number of benzene rings is 2. The Labute approximate surface area is 136 Å². The monoisotopic (exact) mass is 319 g/mol. The van der Waals surface area contributed by atoms with Crippen molar-refractivity contribution in [2.24, 2.45) is 0 Å². The van der Waals surface area contributed by atoms with Crippen LogP contribution in [0.5, 0.6) is 0 Å². The van der Waals surface area contributed by atoms with Gasteiger partial charge in [-0.05, 0) is 12.1 Å². The van der Waals surface area contributed by atoms with Crippen LogP contribution in [0, 0.1) is 0 Å². The van der Waals surface area contributed by atoms with Crippen molar-refractivity contribution < 1.29 is 0 Å². The van der Waals surface area contributed by atoms with E-state index in [1.54, 1.807) is 11.3 Å². The molecule has 112 valence electrons. The van der Waals surface area contributed by atoms with Crippen LogP contribution in [0.25, 0.3) is 21.5 Å². The van der Waals surface area contributed by atoms with E-state index in [2.05, 4.69) is 22.2 Å². The maximum absolute atomic E-state index is 11.9. The molecule has 0 spiro atoms. The summed E-state index contributed by atoms with van der Waals surface area (Å²) in [6, 6.07) is 17.6. The zero-order valence-corrected chi connectivity index (χ0v) is 13.0. The smallest absolute Gasteiger partial charge is 0.207 e. The van der Waals surface area contributed by atoms with E-state index in [1.807, 2.05) is 52.5 Å². The van der Waals surface area contributed by atoms with Gasteiger partial charge in [0.1, 0.15) is 5.01 Å². The van der Waals surface area contributed by atoms with Gasteiger partial charge in [-0.2, -0.15) is 5.10 Å². The molecule has 4 nitrogen and oxygen atoms in total. The summed E-state index contributed by atoms with van der Waals surface area (Å²) >= 11 is 1.62. The summed E-state index contributed by atoms with van der Waals surface area (Å²) in [5.41, 5.74) is 2.82. The van der Waals surface area contributed by atoms with Crippen LogP contribution in [0.3, 0.4) is 0 Å². The van der Waals surface area contributed by atoms with Crippen LogP contribution >= 0.6 is 11.3 Å². The van der Waals surface area contributed by atoms with Crippen LogP contribution in [0.15, 0.2) is 71.0 Å². The van der Waals surface area contributed by atoms with Gasteiger partial charge < -0.3 is 0 Å². The zero-order valence-electron chi connectivity index (χ0n) is 12.2. The summed E-state index contributed by atoms with van der Waals surface area (Å²) in [6.07, 6.45) is 1.37. The maximum Gasteiger partial charge on any atom is 0.207 e. The van der Waals surface area contributed by atoms with Crippen LogP contribution in [-0.2, 0) is 6.54 Å². The molecule has 4 aromatic rings. The van der Waals surface area contributed by atoms with Crippen LogP contribution in [0.1, 0.15) is 5.69 Å². The van der Waals surface area contributed by atoms with Crippen molar-refractivity contribution in [1.29, 1.82) is 0 Å². The molecule has 0 fully saturated rings. The van der Waals surface area contributed by atoms with Crippen LogP contribution in [0.2, 0.25) is 0 Å². The lowest BCUT2D eigenvalue weighted by Crippen LogP contribution is -2.13. The van der Waals surface area contributed by atoms with Gasteiger partial charge in [0.05, 0.1) is 24.0 Å². The van der Waals surface area contributed by atoms with E-state index in [-0.39, 0.29) is 5.43 Å². The molecule has 0 aliphatic heterocycles. The Morgan fingerprint density at radius 2 is 1.78 bits per heavy atom. The lowest BCUT2D eigenvalue weighted by Gasteiger charge is -2.07. The zero-order chi connectivity index (χ0) is 15.6. The minimum Gasteiger partial charge on any atom is -0.287 e. The van der Waals surface area contributed by atoms with Gasteiger partial charge in [-0.1, -0.05) is 42.5 Å². The molecule has 0 saturated heterocycles. The predicted octanol–water partition coefficient (Wildman–Crippen LogP) is 3.57. The minimum atomic E-state index is -0.0555. The summed E-state index contributed by atoms with van der Waals surface area (Å²) in [6.45, 7) is 0.546. The number of hydrogen-bond acceptors (Lipinski definition) is 4. The fourth-order valence-corrected chi connectivity index (χ4v) is 3.35. The number of aromatic nitrogens is 3. The van der Waals surface area contributed by atoms with Crippen molar-refractivity contribution in [3.05, 3.63) is 82.1 Å². The van der Waals surface area contributed by atoms with Crippen LogP contribution < -0.4 is 5.43 Å². The number of hydrogen-bond donors (Lipinski definition) is 0. The third kappa shape index (κ3) is 2.66. The van der Waals surface area contributed by atoms with Gasteiger partial charge >= 0.3 is 0 Å². The Balaban J connectivity index is 1.71. The maximum atomic E-state index is 11.9. The second-order valence-electron chi connectivity index (χ2n) is 5.19. The average molecular weight is 319 g/mol. The molecule has 0 radical (unpaired) electrons. The number of thiazole rings is 1. The predicted molar refractivity (Wildman–Crippen MR) is 92.7 cm³/mol. The van der Waals surface area contributed by atoms with Crippen LogP contribution in [0.4, 0.5) is 0 Å². The fourth-order valence-electron chi connectivity index (χ4n) is 2.53. The van der Waals surface area contributed by atoms with Crippen molar-refractivity contribution >= 4 is 22.2 Å². The lowest BCUT2D eigenvalue weighted by molar-refractivity contribution is 0.684. The summed E-state index contributed by atoms with van der Waals surface area (Å²) in [5.74, 6) is 0. The van der Waals surface area contributed by atoms with E-state index in [1.165, 1.54) is 6.20 Å². The molecule has 0 saturated carbocycles. The Hall–Kier alpha value is -2.79. The summed E-state index contributed by atoms with van der Waals surface area (Å²) in [7, 11) is 0. The second-order valence-corrected chi connectivity index (χ2v) is 6.05. The first-order valence-electron chi connectivity index (χ1n) is 7.26. The number of rotatable bonds is 3. The largest absolute Gasteiger partial charge is 0.287 e. The van der Waals surface area contributed by atoms with Crippen molar-refractivity contribution in [3.8, 4) is 10.6 Å². The van der Waals surface area contributed by atoms with E-state index in [9.17, 15) is 4.79 Å². The molecule has 4 rings (SSSR count). The highest BCUT2D eigenvalue weighted by Crippen LogP contribution is 2.23. The highest BCUT2D eigenvalue weighted by molar-refractivity contribution is 7.13. The number of fused-ring (bicyclic) bond motifs is 1. The van der Waals surface area contributed by atoms with Crippen molar-refractivity contribution in [2.45, 2.75) is 6.54 Å². The molecule has 0 unspecified atom stereocenters. The number of nitrogens with zero attached hydrogens (tertiary/aromatic N) is 3. The van der Waals surface area contributed by atoms with Gasteiger partial charge in [-0.25, -0.2) is 4.98 Å². The summed E-state index contributed by atoms with van der Waals surface area (Å²) < 4.78 is 1.82. The van der Waals surface area contributed by atoms with Crippen molar-refractivity contribution in [2.75, 3.05) is 0 Å². The van der Waals surface area contributed by atoms with Crippen molar-refractivity contribution in [3.63, 3.8) is 0 Å². The Morgan fingerprint density at radius 3 is 2.65 bits per heavy atom. The molecule has 0 aliphatic carbocycles. The summed E-state index contributed by atoms with van der Waals surface area (Å²) in [5, 5.41) is 7.96. The molecule has 2 aromatic carbocycles. The minimum absolute atomic E-state index is 0.0555. The van der Waals surface area contributed by atoms with E-state index < -0.39 is 0 Å².